The Morgan fingerprint density at radius 1 is 0.423 bits per heavy atom. The van der Waals surface area contributed by atoms with E-state index in [1.807, 2.05) is 0 Å². The molecule has 0 unspecified atom stereocenters. The van der Waals surface area contributed by atoms with Crippen molar-refractivity contribution in [2.75, 3.05) is 0 Å². The van der Waals surface area contributed by atoms with Crippen molar-refractivity contribution in [3.05, 3.63) is 106 Å². The first kappa shape index (κ1) is 18.0. The molecule has 7 heteroatoms. The molecule has 0 amide bonds. The molecular weight excluding hydrogens is 356 g/mol. The van der Waals surface area contributed by atoms with Gasteiger partial charge in [-0.25, -0.2) is 26.3 Å². The minimum Gasteiger partial charge on any atom is -0.314 e. The minimum absolute atomic E-state index is 0.273. The van der Waals surface area contributed by atoms with Gasteiger partial charge in [-0.2, -0.15) is 0 Å². The summed E-state index contributed by atoms with van der Waals surface area (Å²) in [5.41, 5.74) is 3.34. The predicted molar refractivity (Wildman–Crippen MR) is 83.1 cm³/mol. The highest BCUT2D eigenvalue weighted by Gasteiger charge is 2.34. The third-order valence-corrected chi connectivity index (χ3v) is 3.95. The number of hydrogen-bond acceptors (Lipinski definition) is 1. The molecule has 2 N–H and O–H groups in total. The van der Waals surface area contributed by atoms with Crippen LogP contribution in [0.25, 0.3) is 0 Å². The largest absolute Gasteiger partial charge is 0.314 e. The molecule has 0 saturated heterocycles. The van der Waals surface area contributed by atoms with Crippen LogP contribution in [0.3, 0.4) is 0 Å². The van der Waals surface area contributed by atoms with Gasteiger partial charge in [-0.15, -0.1) is 0 Å². The standard InChI is InChI=1S/C19H11F6N/c20-13-1-10(2-14(21)7-13)19(26,11-3-15(22)8-16(23)4-11)12-5-17(24)9-18(25)6-12/h1-9H,26H2. The lowest BCUT2D eigenvalue weighted by Crippen LogP contribution is -2.40. The number of rotatable bonds is 3. The summed E-state index contributed by atoms with van der Waals surface area (Å²) in [5, 5.41) is 0. The molecule has 0 aliphatic heterocycles. The summed E-state index contributed by atoms with van der Waals surface area (Å²) < 4.78 is 82.3. The SMILES string of the molecule is NC(c1cc(F)cc(F)c1)(c1cc(F)cc(F)c1)c1cc(F)cc(F)c1. The average Bonchev–Trinajstić information content (AvgIpc) is 2.51. The van der Waals surface area contributed by atoms with Crippen molar-refractivity contribution in [1.82, 2.24) is 0 Å². The Morgan fingerprint density at radius 3 is 0.808 bits per heavy atom. The Bertz CT molecular complexity index is 800. The van der Waals surface area contributed by atoms with Gasteiger partial charge in [-0.3, -0.25) is 0 Å². The Hall–Kier alpha value is -2.80. The van der Waals surface area contributed by atoms with E-state index in [0.29, 0.717) is 18.2 Å². The highest BCUT2D eigenvalue weighted by atomic mass is 19.2. The van der Waals surface area contributed by atoms with Gasteiger partial charge in [0.25, 0.3) is 0 Å². The molecule has 3 aromatic rings. The third-order valence-electron chi connectivity index (χ3n) is 3.95. The number of halogens is 6. The first-order valence-electron chi connectivity index (χ1n) is 7.37. The van der Waals surface area contributed by atoms with Crippen LogP contribution in [0.1, 0.15) is 16.7 Å². The summed E-state index contributed by atoms with van der Waals surface area (Å²) in [4.78, 5) is 0. The van der Waals surface area contributed by atoms with Crippen LogP contribution < -0.4 is 5.73 Å². The van der Waals surface area contributed by atoms with Crippen LogP contribution in [0.2, 0.25) is 0 Å². The second-order valence-corrected chi connectivity index (χ2v) is 5.78. The molecule has 3 aromatic carbocycles. The van der Waals surface area contributed by atoms with Crippen LogP contribution in [-0.4, -0.2) is 0 Å². The second kappa shape index (κ2) is 6.49. The van der Waals surface area contributed by atoms with Crippen LogP contribution in [0.15, 0.2) is 54.6 Å². The summed E-state index contributed by atoms with van der Waals surface area (Å²) in [6.45, 7) is 0. The molecule has 0 aromatic heterocycles. The van der Waals surface area contributed by atoms with E-state index in [1.54, 1.807) is 0 Å². The lowest BCUT2D eigenvalue weighted by molar-refractivity contribution is 0.540. The fourth-order valence-corrected chi connectivity index (χ4v) is 2.84. The van der Waals surface area contributed by atoms with Gasteiger partial charge in [-0.05, 0) is 53.1 Å². The van der Waals surface area contributed by atoms with Crippen LogP contribution in [-0.2, 0) is 5.54 Å². The fraction of sp³-hybridized carbons (Fsp3) is 0.0526. The lowest BCUT2D eigenvalue weighted by Gasteiger charge is -2.32. The van der Waals surface area contributed by atoms with E-state index in [9.17, 15) is 26.3 Å². The van der Waals surface area contributed by atoms with Gasteiger partial charge in [0.15, 0.2) is 0 Å². The molecule has 0 aliphatic rings. The monoisotopic (exact) mass is 367 g/mol. The molecule has 0 spiro atoms. The van der Waals surface area contributed by atoms with Gasteiger partial charge in [0, 0.05) is 18.2 Å². The Kier molecular flexibility index (Phi) is 4.50. The van der Waals surface area contributed by atoms with Gasteiger partial charge >= 0.3 is 0 Å². The number of hydrogen-bond donors (Lipinski definition) is 1. The molecule has 134 valence electrons. The van der Waals surface area contributed by atoms with Crippen molar-refractivity contribution in [2.24, 2.45) is 5.73 Å². The minimum atomic E-state index is -2.12. The zero-order valence-electron chi connectivity index (χ0n) is 13.0. The molecule has 0 atom stereocenters. The van der Waals surface area contributed by atoms with E-state index in [2.05, 4.69) is 0 Å². The van der Waals surface area contributed by atoms with Crippen LogP contribution >= 0.6 is 0 Å². The molecule has 0 saturated carbocycles. The Balaban J connectivity index is 2.38. The lowest BCUT2D eigenvalue weighted by atomic mass is 9.77. The highest BCUT2D eigenvalue weighted by molar-refractivity contribution is 5.49. The van der Waals surface area contributed by atoms with E-state index in [-0.39, 0.29) is 16.7 Å². The summed E-state index contributed by atoms with van der Waals surface area (Å²) >= 11 is 0. The van der Waals surface area contributed by atoms with E-state index < -0.39 is 40.4 Å². The smallest absolute Gasteiger partial charge is 0.126 e. The maximum Gasteiger partial charge on any atom is 0.126 e. The molecule has 26 heavy (non-hydrogen) atoms. The summed E-state index contributed by atoms with van der Waals surface area (Å²) in [7, 11) is 0. The molecule has 0 fully saturated rings. The van der Waals surface area contributed by atoms with Gasteiger partial charge in [0.05, 0.1) is 5.54 Å². The molecule has 3 rings (SSSR count). The van der Waals surface area contributed by atoms with Crippen molar-refractivity contribution in [3.63, 3.8) is 0 Å². The van der Waals surface area contributed by atoms with Crippen molar-refractivity contribution in [1.29, 1.82) is 0 Å². The maximum atomic E-state index is 13.7. The zero-order valence-corrected chi connectivity index (χ0v) is 13.0. The maximum absolute atomic E-state index is 13.7. The number of benzene rings is 3. The highest BCUT2D eigenvalue weighted by Crippen LogP contribution is 2.36. The fourth-order valence-electron chi connectivity index (χ4n) is 2.84. The van der Waals surface area contributed by atoms with Gasteiger partial charge in [-0.1, -0.05) is 0 Å². The van der Waals surface area contributed by atoms with Crippen molar-refractivity contribution in [2.45, 2.75) is 5.54 Å². The predicted octanol–water partition coefficient (Wildman–Crippen LogP) is 4.77. The average molecular weight is 367 g/mol. The molecule has 0 aliphatic carbocycles. The second-order valence-electron chi connectivity index (χ2n) is 5.78. The van der Waals surface area contributed by atoms with Gasteiger partial charge < -0.3 is 5.73 Å². The first-order chi connectivity index (χ1) is 12.2. The Labute approximate surface area is 144 Å². The topological polar surface area (TPSA) is 26.0 Å². The van der Waals surface area contributed by atoms with E-state index in [1.165, 1.54) is 0 Å². The van der Waals surface area contributed by atoms with E-state index >= 15 is 0 Å². The first-order valence-corrected chi connectivity index (χ1v) is 7.37. The molecule has 1 nitrogen and oxygen atoms in total. The van der Waals surface area contributed by atoms with Crippen LogP contribution in [0.4, 0.5) is 26.3 Å². The molecule has 0 bridgehead atoms. The number of nitrogens with two attached hydrogens (primary N) is 1. The van der Waals surface area contributed by atoms with Crippen LogP contribution in [0.5, 0.6) is 0 Å². The summed E-state index contributed by atoms with van der Waals surface area (Å²) in [6, 6.07) is 6.68. The molecule has 0 radical (unpaired) electrons. The van der Waals surface area contributed by atoms with E-state index in [4.69, 9.17) is 5.73 Å². The van der Waals surface area contributed by atoms with Crippen molar-refractivity contribution in [3.8, 4) is 0 Å². The zero-order chi connectivity index (χ0) is 19.1. The normalized spacial score (nSPS) is 11.7. The van der Waals surface area contributed by atoms with Gasteiger partial charge in [0.1, 0.15) is 34.9 Å². The van der Waals surface area contributed by atoms with Gasteiger partial charge in [0.2, 0.25) is 0 Å². The van der Waals surface area contributed by atoms with Crippen molar-refractivity contribution >= 4 is 0 Å². The third kappa shape index (κ3) is 3.30. The Morgan fingerprint density at radius 2 is 0.615 bits per heavy atom. The quantitative estimate of drug-likeness (QED) is 0.524. The molecular formula is C19H11F6N. The molecule has 0 heterocycles. The summed E-state index contributed by atoms with van der Waals surface area (Å²) in [5.74, 6) is -6.06. The van der Waals surface area contributed by atoms with Crippen LogP contribution in [0, 0.1) is 34.9 Å². The van der Waals surface area contributed by atoms with Crippen molar-refractivity contribution < 1.29 is 26.3 Å². The van der Waals surface area contributed by atoms with E-state index in [0.717, 1.165) is 36.4 Å². The summed E-state index contributed by atoms with van der Waals surface area (Å²) in [6.07, 6.45) is 0.